The number of nitrogens with zero attached hydrogens (tertiary/aromatic N) is 1. The minimum absolute atomic E-state index is 0.0408. The standard InChI is InChI=1S/C29H26N2O4S3/c32-19(33)7-4-12-31-27(34)22-17-13-18(23(22)28(31)35)24-21(17)20(25-26(37-24)30-29(36)38-25)16-10-8-15(9-11-16)14-5-2-1-3-6-14/h1-3,5-6,8-11,17-18,20-24H,4,7,12-13H2,(H,30,36)(H,32,33). The average Bonchev–Trinajstić information content (AvgIpc) is 3.64. The Balaban J connectivity index is 1.24. The Morgan fingerprint density at radius 2 is 1.68 bits per heavy atom. The number of fused-ring (bicyclic) bond motifs is 9. The SMILES string of the molecule is O=C(O)CCCN1C(=O)C2C3CC(C2C1=O)C1C(c2ccc(-c4ccccc4)cc2)c2sc(=S)[nH]c2SC31. The first-order valence-corrected chi connectivity index (χ1v) is 15.1. The predicted molar refractivity (Wildman–Crippen MR) is 149 cm³/mol. The largest absolute Gasteiger partial charge is 0.481 e. The number of carbonyl (C=O) groups excluding carboxylic acids is 2. The van der Waals surface area contributed by atoms with Crippen LogP contribution in [0.4, 0.5) is 0 Å². The number of benzene rings is 2. The van der Waals surface area contributed by atoms with Crippen LogP contribution in [0, 0.1) is 33.5 Å². The van der Waals surface area contributed by atoms with Gasteiger partial charge in [0.25, 0.3) is 0 Å². The van der Waals surface area contributed by atoms with Gasteiger partial charge in [-0.1, -0.05) is 54.6 Å². The molecule has 2 aliphatic heterocycles. The molecule has 2 N–H and O–H groups in total. The van der Waals surface area contributed by atoms with E-state index < -0.39 is 5.97 Å². The molecule has 4 aliphatic rings. The molecule has 0 spiro atoms. The number of nitrogens with one attached hydrogen (secondary N) is 1. The zero-order valence-electron chi connectivity index (χ0n) is 20.4. The van der Waals surface area contributed by atoms with E-state index in [9.17, 15) is 14.4 Å². The molecule has 2 amide bonds. The number of hydrogen-bond acceptors (Lipinski definition) is 6. The summed E-state index contributed by atoms with van der Waals surface area (Å²) < 4.78 is 0.762. The van der Waals surface area contributed by atoms with Gasteiger partial charge in [0.2, 0.25) is 11.8 Å². The van der Waals surface area contributed by atoms with Crippen molar-refractivity contribution in [2.45, 2.75) is 35.5 Å². The lowest BCUT2D eigenvalue weighted by Gasteiger charge is -2.43. The topological polar surface area (TPSA) is 90.5 Å². The van der Waals surface area contributed by atoms with E-state index in [0.29, 0.717) is 6.42 Å². The van der Waals surface area contributed by atoms with Gasteiger partial charge in [0, 0.05) is 29.0 Å². The number of carboxylic acid groups (broad SMARTS) is 1. The van der Waals surface area contributed by atoms with Crippen molar-refractivity contribution in [3.05, 3.63) is 69.0 Å². The van der Waals surface area contributed by atoms with Crippen LogP contribution in [0.2, 0.25) is 0 Å². The van der Waals surface area contributed by atoms with Gasteiger partial charge in [-0.3, -0.25) is 19.3 Å². The Labute approximate surface area is 233 Å². The van der Waals surface area contributed by atoms with Crippen LogP contribution in [0.5, 0.6) is 0 Å². The zero-order chi connectivity index (χ0) is 26.1. The van der Waals surface area contributed by atoms with Crippen LogP contribution in [0.25, 0.3) is 11.1 Å². The summed E-state index contributed by atoms with van der Waals surface area (Å²) in [5.74, 6) is -1.02. The van der Waals surface area contributed by atoms with Crippen LogP contribution in [0.15, 0.2) is 59.6 Å². The van der Waals surface area contributed by atoms with Crippen LogP contribution in [-0.4, -0.2) is 44.6 Å². The zero-order valence-corrected chi connectivity index (χ0v) is 22.9. The molecule has 2 aromatic carbocycles. The monoisotopic (exact) mass is 562 g/mol. The van der Waals surface area contributed by atoms with Gasteiger partial charge in [0.15, 0.2) is 3.95 Å². The molecule has 3 aromatic rings. The van der Waals surface area contributed by atoms with Crippen molar-refractivity contribution in [3.63, 3.8) is 0 Å². The van der Waals surface area contributed by atoms with Crippen molar-refractivity contribution < 1.29 is 19.5 Å². The van der Waals surface area contributed by atoms with Crippen LogP contribution in [0.3, 0.4) is 0 Å². The smallest absolute Gasteiger partial charge is 0.303 e. The Morgan fingerprint density at radius 1 is 1.00 bits per heavy atom. The highest BCUT2D eigenvalue weighted by Crippen LogP contribution is 2.68. The van der Waals surface area contributed by atoms with Gasteiger partial charge in [-0.25, -0.2) is 0 Å². The second kappa shape index (κ2) is 9.17. The molecule has 7 rings (SSSR count). The number of aromatic nitrogens is 1. The van der Waals surface area contributed by atoms with Gasteiger partial charge in [-0.15, -0.1) is 23.1 Å². The van der Waals surface area contributed by atoms with Gasteiger partial charge in [0.1, 0.15) is 0 Å². The first kappa shape index (κ1) is 24.3. The molecule has 7 atom stereocenters. The van der Waals surface area contributed by atoms with Gasteiger partial charge in [-0.2, -0.15) is 0 Å². The maximum Gasteiger partial charge on any atom is 0.303 e. The summed E-state index contributed by atoms with van der Waals surface area (Å²) in [6.07, 6.45) is 1.15. The van der Waals surface area contributed by atoms with E-state index in [1.165, 1.54) is 26.5 Å². The van der Waals surface area contributed by atoms with Crippen molar-refractivity contribution in [2.75, 3.05) is 6.54 Å². The molecule has 9 heteroatoms. The van der Waals surface area contributed by atoms with Gasteiger partial charge < -0.3 is 10.1 Å². The number of imide groups is 1. The summed E-state index contributed by atoms with van der Waals surface area (Å²) in [4.78, 5) is 44.0. The fourth-order valence-electron chi connectivity index (χ4n) is 7.57. The van der Waals surface area contributed by atoms with Gasteiger partial charge in [-0.05, 0) is 59.5 Å². The molecule has 3 fully saturated rings. The lowest BCUT2D eigenvalue weighted by molar-refractivity contribution is -0.142. The van der Waals surface area contributed by atoms with Gasteiger partial charge >= 0.3 is 5.97 Å². The molecule has 1 saturated heterocycles. The fourth-order valence-corrected chi connectivity index (χ4v) is 10.9. The van der Waals surface area contributed by atoms with Crippen molar-refractivity contribution in [3.8, 4) is 11.1 Å². The number of thioether (sulfide) groups is 1. The minimum Gasteiger partial charge on any atom is -0.481 e. The maximum atomic E-state index is 13.6. The highest BCUT2D eigenvalue weighted by Gasteiger charge is 2.69. The number of likely N-dealkylation sites (tertiary alicyclic amines) is 1. The molecule has 38 heavy (non-hydrogen) atoms. The van der Waals surface area contributed by atoms with Crippen molar-refractivity contribution in [1.29, 1.82) is 0 Å². The van der Waals surface area contributed by atoms with Crippen LogP contribution in [-0.2, 0) is 14.4 Å². The third-order valence-electron chi connectivity index (χ3n) is 8.96. The summed E-state index contributed by atoms with van der Waals surface area (Å²) in [6, 6.07) is 19.1. The number of rotatable bonds is 6. The third-order valence-corrected chi connectivity index (χ3v) is 11.9. The lowest BCUT2D eigenvalue weighted by atomic mass is 9.68. The summed E-state index contributed by atoms with van der Waals surface area (Å²) in [7, 11) is 0. The number of hydrogen-bond donors (Lipinski definition) is 2. The predicted octanol–water partition coefficient (Wildman–Crippen LogP) is 5.81. The number of carboxylic acids is 1. The van der Waals surface area contributed by atoms with E-state index in [1.54, 1.807) is 11.3 Å². The van der Waals surface area contributed by atoms with Crippen LogP contribution in [0.1, 0.15) is 35.6 Å². The number of H-pyrrole nitrogens is 1. The molecule has 2 bridgehead atoms. The van der Waals surface area contributed by atoms with E-state index in [2.05, 4.69) is 41.4 Å². The highest BCUT2D eigenvalue weighted by molar-refractivity contribution is 8.00. The van der Waals surface area contributed by atoms with Crippen molar-refractivity contribution in [1.82, 2.24) is 9.88 Å². The quantitative estimate of drug-likeness (QED) is 0.291. The third kappa shape index (κ3) is 3.66. The molecule has 2 aliphatic carbocycles. The fraction of sp³-hybridized carbons (Fsp3) is 0.379. The normalized spacial score (nSPS) is 30.8. The first-order chi connectivity index (χ1) is 18.4. The summed E-state index contributed by atoms with van der Waals surface area (Å²) >= 11 is 9.00. The summed E-state index contributed by atoms with van der Waals surface area (Å²) in [6.45, 7) is 0.198. The Morgan fingerprint density at radius 3 is 2.39 bits per heavy atom. The van der Waals surface area contributed by atoms with Crippen LogP contribution < -0.4 is 0 Å². The molecule has 2 saturated carbocycles. The number of carbonyl (C=O) groups is 3. The van der Waals surface area contributed by atoms with E-state index in [1.807, 2.05) is 30.0 Å². The molecule has 7 unspecified atom stereocenters. The number of thiazole rings is 1. The van der Waals surface area contributed by atoms with E-state index in [-0.39, 0.29) is 65.5 Å². The molecule has 1 aromatic heterocycles. The molecule has 3 heterocycles. The molecule has 6 nitrogen and oxygen atoms in total. The number of aromatic amines is 1. The lowest BCUT2D eigenvalue weighted by Crippen LogP contribution is -2.42. The van der Waals surface area contributed by atoms with Crippen molar-refractivity contribution >= 4 is 53.1 Å². The first-order valence-electron chi connectivity index (χ1n) is 13.0. The van der Waals surface area contributed by atoms with E-state index in [0.717, 1.165) is 15.4 Å². The molecule has 0 radical (unpaired) electrons. The number of amides is 2. The number of aliphatic carboxylic acids is 1. The van der Waals surface area contributed by atoms with E-state index >= 15 is 0 Å². The molecule has 194 valence electrons. The Kier molecular flexibility index (Phi) is 5.87. The summed E-state index contributed by atoms with van der Waals surface area (Å²) in [5, 5.41) is 10.4. The van der Waals surface area contributed by atoms with Gasteiger partial charge in [0.05, 0.1) is 16.9 Å². The molecular formula is C29H26N2O4S3. The summed E-state index contributed by atoms with van der Waals surface area (Å²) in [5.41, 5.74) is 3.57. The Hall–Kier alpha value is -2.75. The second-order valence-corrected chi connectivity index (χ2v) is 13.7. The maximum absolute atomic E-state index is 13.6. The molecular weight excluding hydrogens is 537 g/mol. The van der Waals surface area contributed by atoms with Crippen LogP contribution >= 0.6 is 35.3 Å². The highest BCUT2D eigenvalue weighted by atomic mass is 32.2. The second-order valence-electron chi connectivity index (χ2n) is 10.8. The minimum atomic E-state index is -0.906. The van der Waals surface area contributed by atoms with E-state index in [4.69, 9.17) is 17.3 Å². The average molecular weight is 563 g/mol. The van der Waals surface area contributed by atoms with Crippen molar-refractivity contribution in [2.24, 2.45) is 29.6 Å². The Bertz CT molecular complexity index is 1500.